The molecule has 0 aliphatic rings. The minimum absolute atomic E-state index is 0.0814. The maximum Gasteiger partial charge on any atom is 0.292 e. The summed E-state index contributed by atoms with van der Waals surface area (Å²) >= 11 is 3.31. The second kappa shape index (κ2) is 6.29. The molecule has 1 N–H and O–H groups in total. The van der Waals surface area contributed by atoms with Crippen LogP contribution in [-0.4, -0.2) is 16.5 Å². The first kappa shape index (κ1) is 13.5. The Kier molecular flexibility index (Phi) is 4.46. The first-order chi connectivity index (χ1) is 9.16. The van der Waals surface area contributed by atoms with E-state index in [2.05, 4.69) is 26.2 Å². The van der Waals surface area contributed by atoms with Crippen LogP contribution in [0.5, 0.6) is 0 Å². The Hall–Kier alpha value is -1.95. The second-order valence-electron chi connectivity index (χ2n) is 3.95. The van der Waals surface area contributed by atoms with Crippen molar-refractivity contribution in [3.63, 3.8) is 0 Å². The topological polar surface area (TPSA) is 68.1 Å². The summed E-state index contributed by atoms with van der Waals surface area (Å²) in [5.74, 6) is 0. The second-order valence-corrected chi connectivity index (χ2v) is 4.87. The highest BCUT2D eigenvalue weighted by atomic mass is 79.9. The Labute approximate surface area is 119 Å². The molecular formula is C13H12BrN3O2. The summed E-state index contributed by atoms with van der Waals surface area (Å²) in [5, 5.41) is 14.0. The lowest BCUT2D eigenvalue weighted by molar-refractivity contribution is -0.384. The normalized spacial score (nSPS) is 10.2. The minimum atomic E-state index is -0.388. The number of benzene rings is 1. The first-order valence-corrected chi connectivity index (χ1v) is 6.53. The zero-order valence-corrected chi connectivity index (χ0v) is 11.6. The van der Waals surface area contributed by atoms with Crippen molar-refractivity contribution in [2.75, 3.05) is 11.9 Å². The van der Waals surface area contributed by atoms with Crippen LogP contribution in [0.4, 0.5) is 11.4 Å². The Balaban J connectivity index is 2.03. The van der Waals surface area contributed by atoms with Gasteiger partial charge in [-0.25, -0.2) is 0 Å². The highest BCUT2D eigenvalue weighted by molar-refractivity contribution is 9.10. The third-order valence-corrected chi connectivity index (χ3v) is 3.13. The monoisotopic (exact) mass is 321 g/mol. The standard InChI is InChI=1S/C13H12BrN3O2/c14-11-1-2-13(17(18)19)12(9-11)16-8-5-10-3-6-15-7-4-10/h1-4,6-7,9,16H,5,8H2. The zero-order valence-electron chi connectivity index (χ0n) is 10.0. The van der Waals surface area contributed by atoms with Crippen molar-refractivity contribution in [2.24, 2.45) is 0 Å². The molecule has 98 valence electrons. The van der Waals surface area contributed by atoms with Crippen LogP contribution in [0.15, 0.2) is 47.2 Å². The molecule has 0 aliphatic carbocycles. The van der Waals surface area contributed by atoms with Gasteiger partial charge in [-0.15, -0.1) is 0 Å². The first-order valence-electron chi connectivity index (χ1n) is 5.73. The maximum absolute atomic E-state index is 10.9. The van der Waals surface area contributed by atoms with Gasteiger partial charge >= 0.3 is 0 Å². The van der Waals surface area contributed by atoms with Gasteiger partial charge < -0.3 is 5.32 Å². The molecule has 6 heteroatoms. The van der Waals surface area contributed by atoms with E-state index in [-0.39, 0.29) is 10.6 Å². The van der Waals surface area contributed by atoms with E-state index in [4.69, 9.17) is 0 Å². The maximum atomic E-state index is 10.9. The van der Waals surface area contributed by atoms with E-state index in [0.717, 1.165) is 16.5 Å². The minimum Gasteiger partial charge on any atom is -0.379 e. The Morgan fingerprint density at radius 1 is 1.26 bits per heavy atom. The number of nitrogens with one attached hydrogen (secondary N) is 1. The molecule has 1 aromatic carbocycles. The number of hydrogen-bond donors (Lipinski definition) is 1. The summed E-state index contributed by atoms with van der Waals surface area (Å²) < 4.78 is 0.810. The number of rotatable bonds is 5. The van der Waals surface area contributed by atoms with Gasteiger partial charge in [0.05, 0.1) is 4.92 Å². The number of aromatic nitrogens is 1. The molecule has 0 saturated carbocycles. The molecule has 0 aliphatic heterocycles. The molecule has 2 rings (SSSR count). The Bertz CT molecular complexity index is 575. The number of nitro groups is 1. The molecule has 2 aromatic rings. The van der Waals surface area contributed by atoms with Crippen molar-refractivity contribution in [1.29, 1.82) is 0 Å². The fourth-order valence-corrected chi connectivity index (χ4v) is 2.06. The molecule has 0 radical (unpaired) electrons. The molecule has 0 atom stereocenters. The van der Waals surface area contributed by atoms with Crippen molar-refractivity contribution in [3.05, 3.63) is 62.9 Å². The lowest BCUT2D eigenvalue weighted by atomic mass is 10.2. The van der Waals surface area contributed by atoms with Gasteiger partial charge in [-0.05, 0) is 36.2 Å². The van der Waals surface area contributed by atoms with Gasteiger partial charge in [0.25, 0.3) is 5.69 Å². The number of halogens is 1. The third-order valence-electron chi connectivity index (χ3n) is 2.63. The van der Waals surface area contributed by atoms with Crippen molar-refractivity contribution in [3.8, 4) is 0 Å². The van der Waals surface area contributed by atoms with Crippen LogP contribution >= 0.6 is 15.9 Å². The largest absolute Gasteiger partial charge is 0.379 e. The smallest absolute Gasteiger partial charge is 0.292 e. The molecular weight excluding hydrogens is 310 g/mol. The summed E-state index contributed by atoms with van der Waals surface area (Å²) in [5.41, 5.74) is 1.74. The zero-order chi connectivity index (χ0) is 13.7. The highest BCUT2D eigenvalue weighted by Crippen LogP contribution is 2.27. The van der Waals surface area contributed by atoms with Gasteiger partial charge in [0.1, 0.15) is 5.69 Å². The average Bonchev–Trinajstić information content (AvgIpc) is 2.39. The van der Waals surface area contributed by atoms with E-state index in [1.807, 2.05) is 12.1 Å². The van der Waals surface area contributed by atoms with Gasteiger partial charge in [0, 0.05) is 29.5 Å². The SMILES string of the molecule is O=[N+]([O-])c1ccc(Br)cc1NCCc1ccncc1. The van der Waals surface area contributed by atoms with E-state index >= 15 is 0 Å². The summed E-state index contributed by atoms with van der Waals surface area (Å²) in [4.78, 5) is 14.5. The molecule has 1 heterocycles. The lowest BCUT2D eigenvalue weighted by Crippen LogP contribution is -2.07. The summed E-state index contributed by atoms with van der Waals surface area (Å²) in [6.07, 6.45) is 4.25. The number of nitrogens with zero attached hydrogens (tertiary/aromatic N) is 2. The van der Waals surface area contributed by atoms with Crippen LogP contribution in [-0.2, 0) is 6.42 Å². The molecule has 0 fully saturated rings. The van der Waals surface area contributed by atoms with Gasteiger partial charge in [-0.2, -0.15) is 0 Å². The Morgan fingerprint density at radius 2 is 2.00 bits per heavy atom. The molecule has 0 spiro atoms. The summed E-state index contributed by atoms with van der Waals surface area (Å²) in [6, 6.07) is 8.71. The molecule has 0 amide bonds. The van der Waals surface area contributed by atoms with Crippen LogP contribution in [0, 0.1) is 10.1 Å². The molecule has 5 nitrogen and oxygen atoms in total. The van der Waals surface area contributed by atoms with E-state index < -0.39 is 0 Å². The van der Waals surface area contributed by atoms with Crippen molar-refractivity contribution < 1.29 is 4.92 Å². The van der Waals surface area contributed by atoms with Gasteiger partial charge in [-0.3, -0.25) is 15.1 Å². The summed E-state index contributed by atoms with van der Waals surface area (Å²) in [6.45, 7) is 0.626. The number of hydrogen-bond acceptors (Lipinski definition) is 4. The molecule has 1 aromatic heterocycles. The van der Waals surface area contributed by atoms with Crippen LogP contribution in [0.25, 0.3) is 0 Å². The van der Waals surface area contributed by atoms with Crippen LogP contribution in [0.2, 0.25) is 0 Å². The molecule has 0 bridgehead atoms. The van der Waals surface area contributed by atoms with Gasteiger partial charge in [-0.1, -0.05) is 15.9 Å². The van der Waals surface area contributed by atoms with E-state index in [9.17, 15) is 10.1 Å². The average molecular weight is 322 g/mol. The predicted octanol–water partition coefficient (Wildman–Crippen LogP) is 3.41. The van der Waals surface area contributed by atoms with E-state index in [0.29, 0.717) is 12.2 Å². The lowest BCUT2D eigenvalue weighted by Gasteiger charge is -2.07. The van der Waals surface area contributed by atoms with Gasteiger partial charge in [0.15, 0.2) is 0 Å². The third kappa shape index (κ3) is 3.75. The van der Waals surface area contributed by atoms with Crippen LogP contribution in [0.1, 0.15) is 5.56 Å². The van der Waals surface area contributed by atoms with E-state index in [1.54, 1.807) is 24.5 Å². The fraction of sp³-hybridized carbons (Fsp3) is 0.154. The van der Waals surface area contributed by atoms with Crippen molar-refractivity contribution >= 4 is 27.3 Å². The van der Waals surface area contributed by atoms with Crippen molar-refractivity contribution in [2.45, 2.75) is 6.42 Å². The molecule has 19 heavy (non-hydrogen) atoms. The summed E-state index contributed by atoms with van der Waals surface area (Å²) in [7, 11) is 0. The number of nitro benzene ring substituents is 1. The van der Waals surface area contributed by atoms with Crippen LogP contribution < -0.4 is 5.32 Å². The molecule has 0 unspecified atom stereocenters. The predicted molar refractivity (Wildman–Crippen MR) is 77.2 cm³/mol. The van der Waals surface area contributed by atoms with E-state index in [1.165, 1.54) is 6.07 Å². The number of anilines is 1. The number of pyridine rings is 1. The van der Waals surface area contributed by atoms with Crippen LogP contribution in [0.3, 0.4) is 0 Å². The molecule has 0 saturated heterocycles. The Morgan fingerprint density at radius 3 is 2.68 bits per heavy atom. The fourth-order valence-electron chi connectivity index (χ4n) is 1.70. The van der Waals surface area contributed by atoms with Gasteiger partial charge in [0.2, 0.25) is 0 Å². The quantitative estimate of drug-likeness (QED) is 0.677. The van der Waals surface area contributed by atoms with Crippen molar-refractivity contribution in [1.82, 2.24) is 4.98 Å². The highest BCUT2D eigenvalue weighted by Gasteiger charge is 2.12.